The van der Waals surface area contributed by atoms with Crippen LogP contribution in [-0.2, 0) is 0 Å². The van der Waals surface area contributed by atoms with E-state index >= 15 is 0 Å². The van der Waals surface area contributed by atoms with Gasteiger partial charge >= 0.3 is 0 Å². The number of anilines is 4. The first-order valence-corrected chi connectivity index (χ1v) is 10.4. The Bertz CT molecular complexity index is 1010. The number of nitrogens with zero attached hydrogens (tertiary/aromatic N) is 10. The fraction of sp³-hybridized carbons (Fsp3) is 0.632. The molecular weight excluding hydrogens is 396 g/mol. The standard InChI is InChI=1S/C19H30N12/c1-18(2,3)23-15-20-16(24-19(4,5)6)22-17(21-15)30-11-9-29(10-12-30)14-8-7-13-25-27-28-31(13)26-14/h7-8H,9-12H2,1-6H3,(H2,20,21,22,23,24). The zero-order valence-corrected chi connectivity index (χ0v) is 19.0. The molecule has 0 aliphatic carbocycles. The Morgan fingerprint density at radius 2 is 1.35 bits per heavy atom. The number of piperazine rings is 1. The van der Waals surface area contributed by atoms with Crippen LogP contribution in [0, 0.1) is 0 Å². The Morgan fingerprint density at radius 1 is 0.774 bits per heavy atom. The Hall–Kier alpha value is -3.31. The molecule has 31 heavy (non-hydrogen) atoms. The molecule has 0 amide bonds. The average molecular weight is 427 g/mol. The molecule has 166 valence electrons. The van der Waals surface area contributed by atoms with E-state index in [9.17, 15) is 0 Å². The molecule has 12 heteroatoms. The van der Waals surface area contributed by atoms with Crippen molar-refractivity contribution in [1.82, 2.24) is 40.2 Å². The molecule has 0 bridgehead atoms. The maximum atomic E-state index is 4.69. The van der Waals surface area contributed by atoms with E-state index in [-0.39, 0.29) is 11.1 Å². The summed E-state index contributed by atoms with van der Waals surface area (Å²) >= 11 is 0. The predicted molar refractivity (Wildman–Crippen MR) is 120 cm³/mol. The molecule has 0 atom stereocenters. The van der Waals surface area contributed by atoms with Crippen LogP contribution in [-0.4, -0.2) is 77.5 Å². The van der Waals surface area contributed by atoms with Crippen LogP contribution in [0.15, 0.2) is 12.1 Å². The summed E-state index contributed by atoms with van der Waals surface area (Å²) in [7, 11) is 0. The van der Waals surface area contributed by atoms with Crippen molar-refractivity contribution in [2.45, 2.75) is 52.6 Å². The molecule has 3 aromatic heterocycles. The number of nitrogens with one attached hydrogen (secondary N) is 2. The molecule has 4 rings (SSSR count). The van der Waals surface area contributed by atoms with E-state index in [1.54, 1.807) is 0 Å². The third-order valence-corrected chi connectivity index (χ3v) is 4.54. The summed E-state index contributed by atoms with van der Waals surface area (Å²) in [6, 6.07) is 3.82. The van der Waals surface area contributed by atoms with Gasteiger partial charge in [0.1, 0.15) is 0 Å². The predicted octanol–water partition coefficient (Wildman–Crippen LogP) is 1.45. The van der Waals surface area contributed by atoms with Gasteiger partial charge in [-0.2, -0.15) is 15.0 Å². The van der Waals surface area contributed by atoms with Gasteiger partial charge in [-0.1, -0.05) is 0 Å². The minimum absolute atomic E-state index is 0.156. The normalized spacial score (nSPS) is 15.4. The maximum absolute atomic E-state index is 4.69. The third kappa shape index (κ3) is 5.25. The molecule has 2 N–H and O–H groups in total. The largest absolute Gasteiger partial charge is 0.352 e. The van der Waals surface area contributed by atoms with Crippen LogP contribution >= 0.6 is 0 Å². The summed E-state index contributed by atoms with van der Waals surface area (Å²) in [5, 5.41) is 22.7. The van der Waals surface area contributed by atoms with Gasteiger partial charge in [0.2, 0.25) is 17.8 Å². The third-order valence-electron chi connectivity index (χ3n) is 4.54. The van der Waals surface area contributed by atoms with E-state index in [2.05, 4.69) is 87.6 Å². The van der Waals surface area contributed by atoms with Gasteiger partial charge in [-0.25, -0.2) is 0 Å². The Balaban J connectivity index is 1.52. The van der Waals surface area contributed by atoms with Crippen molar-refractivity contribution in [3.8, 4) is 0 Å². The molecule has 0 aromatic carbocycles. The van der Waals surface area contributed by atoms with E-state index in [0.29, 0.717) is 23.5 Å². The Morgan fingerprint density at radius 3 is 1.94 bits per heavy atom. The van der Waals surface area contributed by atoms with Gasteiger partial charge in [0.25, 0.3) is 0 Å². The van der Waals surface area contributed by atoms with E-state index in [4.69, 9.17) is 9.97 Å². The second-order valence-corrected chi connectivity index (χ2v) is 9.72. The lowest BCUT2D eigenvalue weighted by atomic mass is 10.1. The van der Waals surface area contributed by atoms with Crippen molar-refractivity contribution in [2.75, 3.05) is 46.6 Å². The van der Waals surface area contributed by atoms with Crippen LogP contribution in [0.3, 0.4) is 0 Å². The van der Waals surface area contributed by atoms with Crippen LogP contribution < -0.4 is 20.4 Å². The lowest BCUT2D eigenvalue weighted by molar-refractivity contribution is 0.605. The average Bonchev–Trinajstić information content (AvgIpc) is 3.13. The number of hydrogen-bond donors (Lipinski definition) is 2. The second-order valence-electron chi connectivity index (χ2n) is 9.72. The summed E-state index contributed by atoms with van der Waals surface area (Å²) in [4.78, 5) is 18.3. The van der Waals surface area contributed by atoms with Gasteiger partial charge in [-0.05, 0) is 64.1 Å². The highest BCUT2D eigenvalue weighted by molar-refractivity contribution is 5.49. The quantitative estimate of drug-likeness (QED) is 0.629. The van der Waals surface area contributed by atoms with E-state index < -0.39 is 0 Å². The summed E-state index contributed by atoms with van der Waals surface area (Å²) in [6.45, 7) is 15.6. The first kappa shape index (κ1) is 20.9. The van der Waals surface area contributed by atoms with Crippen LogP contribution in [0.5, 0.6) is 0 Å². The number of fused-ring (bicyclic) bond motifs is 1. The highest BCUT2D eigenvalue weighted by Gasteiger charge is 2.24. The van der Waals surface area contributed by atoms with E-state index in [0.717, 1.165) is 32.0 Å². The molecule has 0 radical (unpaired) electrons. The molecular formula is C19H30N12. The van der Waals surface area contributed by atoms with Crippen LogP contribution in [0.4, 0.5) is 23.7 Å². The lowest BCUT2D eigenvalue weighted by Crippen LogP contribution is -2.47. The van der Waals surface area contributed by atoms with Gasteiger partial charge in [-0.15, -0.1) is 14.8 Å². The van der Waals surface area contributed by atoms with Crippen molar-refractivity contribution in [3.63, 3.8) is 0 Å². The number of hydrogen-bond acceptors (Lipinski definition) is 11. The number of tetrazole rings is 1. The van der Waals surface area contributed by atoms with Crippen LogP contribution in [0.1, 0.15) is 41.5 Å². The van der Waals surface area contributed by atoms with Gasteiger partial charge in [-0.3, -0.25) is 0 Å². The fourth-order valence-electron chi connectivity index (χ4n) is 3.23. The molecule has 0 saturated carbocycles. The summed E-state index contributed by atoms with van der Waals surface area (Å²) in [5.74, 6) is 2.65. The Labute approximate surface area is 181 Å². The van der Waals surface area contributed by atoms with E-state index in [1.807, 2.05) is 12.1 Å². The van der Waals surface area contributed by atoms with Gasteiger partial charge in [0, 0.05) is 37.3 Å². The smallest absolute Gasteiger partial charge is 0.232 e. The molecule has 1 aliphatic heterocycles. The number of rotatable bonds is 4. The van der Waals surface area contributed by atoms with Crippen molar-refractivity contribution in [1.29, 1.82) is 0 Å². The highest BCUT2D eigenvalue weighted by atomic mass is 15.6. The zero-order chi connectivity index (χ0) is 22.2. The summed E-state index contributed by atoms with van der Waals surface area (Å²) < 4.78 is 1.45. The monoisotopic (exact) mass is 426 g/mol. The second kappa shape index (κ2) is 7.75. The zero-order valence-electron chi connectivity index (χ0n) is 19.0. The highest BCUT2D eigenvalue weighted by Crippen LogP contribution is 2.21. The molecule has 4 heterocycles. The van der Waals surface area contributed by atoms with Gasteiger partial charge in [0.05, 0.1) is 0 Å². The van der Waals surface area contributed by atoms with Crippen molar-refractivity contribution in [2.24, 2.45) is 0 Å². The van der Waals surface area contributed by atoms with Crippen molar-refractivity contribution >= 4 is 29.3 Å². The molecule has 3 aromatic rings. The molecule has 1 aliphatic rings. The van der Waals surface area contributed by atoms with Crippen molar-refractivity contribution < 1.29 is 0 Å². The first-order valence-electron chi connectivity index (χ1n) is 10.4. The molecule has 0 spiro atoms. The Kier molecular flexibility index (Phi) is 5.23. The molecule has 0 unspecified atom stereocenters. The fourth-order valence-corrected chi connectivity index (χ4v) is 3.23. The number of aromatic nitrogens is 8. The summed E-state index contributed by atoms with van der Waals surface area (Å²) in [6.07, 6.45) is 0. The minimum Gasteiger partial charge on any atom is -0.352 e. The maximum Gasteiger partial charge on any atom is 0.232 e. The van der Waals surface area contributed by atoms with Gasteiger partial charge < -0.3 is 20.4 Å². The first-order chi connectivity index (χ1) is 14.6. The van der Waals surface area contributed by atoms with E-state index in [1.165, 1.54) is 4.63 Å². The van der Waals surface area contributed by atoms with Crippen molar-refractivity contribution in [3.05, 3.63) is 12.1 Å². The summed E-state index contributed by atoms with van der Waals surface area (Å²) in [5.41, 5.74) is 0.318. The van der Waals surface area contributed by atoms with Gasteiger partial charge in [0.15, 0.2) is 11.5 Å². The van der Waals surface area contributed by atoms with Crippen LogP contribution in [0.25, 0.3) is 5.65 Å². The van der Waals surface area contributed by atoms with Crippen LogP contribution in [0.2, 0.25) is 0 Å². The molecule has 1 saturated heterocycles. The minimum atomic E-state index is -0.156. The SMILES string of the molecule is CC(C)(C)Nc1nc(NC(C)(C)C)nc(N2CCN(c3ccc4nnnn4n3)CC2)n1. The molecule has 12 nitrogen and oxygen atoms in total. The topological polar surface area (TPSA) is 125 Å². The molecule has 1 fully saturated rings. The lowest BCUT2D eigenvalue weighted by Gasteiger charge is -2.35.